The Morgan fingerprint density at radius 1 is 1.07 bits per heavy atom. The van der Waals surface area contributed by atoms with Crippen molar-refractivity contribution in [3.8, 4) is 11.6 Å². The molecule has 2 heteroatoms. The number of hydrogen-bond acceptors (Lipinski definition) is 2. The Morgan fingerprint density at radius 2 is 2.00 bits per heavy atom. The standard InChI is InChI=1S/C12H10NO/c1-10-5-4-6-11(9-10)14-12-7-2-3-8-13-12/h2-9H,1H2. The van der Waals surface area contributed by atoms with Gasteiger partial charge in [-0.3, -0.25) is 0 Å². The van der Waals surface area contributed by atoms with Crippen LogP contribution in [0.5, 0.6) is 11.6 Å². The second kappa shape index (κ2) is 3.92. The Balaban J connectivity index is 2.19. The van der Waals surface area contributed by atoms with Crippen LogP contribution in [0.4, 0.5) is 0 Å². The Labute approximate surface area is 83.2 Å². The maximum absolute atomic E-state index is 5.51. The number of ether oxygens (including phenoxy) is 1. The third kappa shape index (κ3) is 2.10. The summed E-state index contributed by atoms with van der Waals surface area (Å²) in [5, 5.41) is 0. The molecule has 0 N–H and O–H groups in total. The first kappa shape index (κ1) is 8.75. The van der Waals surface area contributed by atoms with E-state index >= 15 is 0 Å². The van der Waals surface area contributed by atoms with Crippen molar-refractivity contribution in [1.82, 2.24) is 4.98 Å². The molecule has 0 fully saturated rings. The topological polar surface area (TPSA) is 22.1 Å². The highest BCUT2D eigenvalue weighted by Gasteiger charge is 1.96. The summed E-state index contributed by atoms with van der Waals surface area (Å²) < 4.78 is 5.51. The first-order valence-electron chi connectivity index (χ1n) is 4.35. The number of rotatable bonds is 2. The molecule has 0 aliphatic rings. The molecule has 14 heavy (non-hydrogen) atoms. The Bertz CT molecular complexity index is 412. The van der Waals surface area contributed by atoms with E-state index in [0.717, 1.165) is 11.3 Å². The van der Waals surface area contributed by atoms with Gasteiger partial charge in [0.15, 0.2) is 0 Å². The van der Waals surface area contributed by atoms with Crippen molar-refractivity contribution in [1.29, 1.82) is 0 Å². The lowest BCUT2D eigenvalue weighted by Crippen LogP contribution is -1.86. The second-order valence-electron chi connectivity index (χ2n) is 2.92. The first-order valence-corrected chi connectivity index (χ1v) is 4.35. The summed E-state index contributed by atoms with van der Waals surface area (Å²) >= 11 is 0. The molecule has 1 radical (unpaired) electrons. The van der Waals surface area contributed by atoms with Gasteiger partial charge in [-0.25, -0.2) is 4.98 Å². The van der Waals surface area contributed by atoms with E-state index in [0.29, 0.717) is 5.88 Å². The zero-order chi connectivity index (χ0) is 9.80. The van der Waals surface area contributed by atoms with E-state index in [1.54, 1.807) is 6.20 Å². The summed E-state index contributed by atoms with van der Waals surface area (Å²) in [5.41, 5.74) is 0.929. The van der Waals surface area contributed by atoms with Crippen molar-refractivity contribution in [3.05, 3.63) is 61.1 Å². The molecule has 1 heterocycles. The van der Waals surface area contributed by atoms with E-state index in [4.69, 9.17) is 4.74 Å². The molecule has 0 aliphatic heterocycles. The monoisotopic (exact) mass is 184 g/mol. The van der Waals surface area contributed by atoms with Crippen molar-refractivity contribution < 1.29 is 4.74 Å². The quantitative estimate of drug-likeness (QED) is 0.715. The highest BCUT2D eigenvalue weighted by molar-refractivity contribution is 5.32. The van der Waals surface area contributed by atoms with Crippen molar-refractivity contribution in [2.75, 3.05) is 0 Å². The number of aromatic nitrogens is 1. The summed E-state index contributed by atoms with van der Waals surface area (Å²) in [7, 11) is 0. The Kier molecular flexibility index (Phi) is 2.45. The van der Waals surface area contributed by atoms with E-state index in [1.807, 2.05) is 42.5 Å². The van der Waals surface area contributed by atoms with E-state index in [2.05, 4.69) is 11.9 Å². The van der Waals surface area contributed by atoms with Gasteiger partial charge >= 0.3 is 0 Å². The third-order valence-electron chi connectivity index (χ3n) is 1.76. The molecule has 69 valence electrons. The molecule has 0 atom stereocenters. The van der Waals surface area contributed by atoms with E-state index in [1.165, 1.54) is 0 Å². The largest absolute Gasteiger partial charge is 0.439 e. The maximum Gasteiger partial charge on any atom is 0.219 e. The van der Waals surface area contributed by atoms with E-state index < -0.39 is 0 Å². The van der Waals surface area contributed by atoms with Crippen LogP contribution < -0.4 is 4.74 Å². The molecule has 1 aromatic heterocycles. The maximum atomic E-state index is 5.51. The average Bonchev–Trinajstić information content (AvgIpc) is 2.19. The Hall–Kier alpha value is -1.83. The zero-order valence-electron chi connectivity index (χ0n) is 7.68. The van der Waals surface area contributed by atoms with Gasteiger partial charge in [0.25, 0.3) is 0 Å². The minimum absolute atomic E-state index is 0.595. The molecule has 0 unspecified atom stereocenters. The summed E-state index contributed by atoms with van der Waals surface area (Å²) in [6.07, 6.45) is 1.70. The van der Waals surface area contributed by atoms with Crippen LogP contribution >= 0.6 is 0 Å². The summed E-state index contributed by atoms with van der Waals surface area (Å²) in [6, 6.07) is 13.1. The predicted octanol–water partition coefficient (Wildman–Crippen LogP) is 3.06. The van der Waals surface area contributed by atoms with Crippen LogP contribution in [0.25, 0.3) is 0 Å². The minimum atomic E-state index is 0.595. The first-order chi connectivity index (χ1) is 6.84. The number of pyridine rings is 1. The fourth-order valence-electron chi connectivity index (χ4n) is 1.14. The number of nitrogens with zero attached hydrogens (tertiary/aromatic N) is 1. The molecule has 0 bridgehead atoms. The van der Waals surface area contributed by atoms with E-state index in [-0.39, 0.29) is 0 Å². The van der Waals surface area contributed by atoms with Crippen LogP contribution in [-0.2, 0) is 0 Å². The normalized spacial score (nSPS) is 9.79. The molecule has 0 aliphatic carbocycles. The lowest BCUT2D eigenvalue weighted by atomic mass is 10.2. The molecule has 0 spiro atoms. The number of hydrogen-bond donors (Lipinski definition) is 0. The van der Waals surface area contributed by atoms with Crippen molar-refractivity contribution >= 4 is 0 Å². The van der Waals surface area contributed by atoms with Gasteiger partial charge in [0, 0.05) is 12.3 Å². The van der Waals surface area contributed by atoms with Gasteiger partial charge in [0.1, 0.15) is 5.75 Å². The number of benzene rings is 1. The highest BCUT2D eigenvalue weighted by Crippen LogP contribution is 2.19. The van der Waals surface area contributed by atoms with Crippen LogP contribution in [0.2, 0.25) is 0 Å². The van der Waals surface area contributed by atoms with Gasteiger partial charge in [0.05, 0.1) is 0 Å². The van der Waals surface area contributed by atoms with Gasteiger partial charge < -0.3 is 4.74 Å². The van der Waals surface area contributed by atoms with Crippen LogP contribution in [0.1, 0.15) is 5.56 Å². The highest BCUT2D eigenvalue weighted by atomic mass is 16.5. The summed E-state index contributed by atoms with van der Waals surface area (Å²) in [6.45, 7) is 3.82. The lowest BCUT2D eigenvalue weighted by molar-refractivity contribution is 0.463. The van der Waals surface area contributed by atoms with Crippen LogP contribution in [0.3, 0.4) is 0 Å². The molecule has 2 nitrogen and oxygen atoms in total. The smallest absolute Gasteiger partial charge is 0.219 e. The molecule has 2 rings (SSSR count). The molecule has 1 aromatic carbocycles. The van der Waals surface area contributed by atoms with Gasteiger partial charge in [-0.05, 0) is 30.7 Å². The van der Waals surface area contributed by atoms with Gasteiger partial charge in [-0.2, -0.15) is 0 Å². The average molecular weight is 184 g/mol. The van der Waals surface area contributed by atoms with Gasteiger partial charge in [0.2, 0.25) is 5.88 Å². The molecule has 0 amide bonds. The molecular weight excluding hydrogens is 174 g/mol. The third-order valence-corrected chi connectivity index (χ3v) is 1.76. The summed E-state index contributed by atoms with van der Waals surface area (Å²) in [5.74, 6) is 1.36. The van der Waals surface area contributed by atoms with Crippen molar-refractivity contribution in [2.24, 2.45) is 0 Å². The minimum Gasteiger partial charge on any atom is -0.439 e. The fourth-order valence-corrected chi connectivity index (χ4v) is 1.14. The zero-order valence-corrected chi connectivity index (χ0v) is 7.68. The molecule has 2 aromatic rings. The van der Waals surface area contributed by atoms with Crippen LogP contribution in [0, 0.1) is 6.92 Å². The van der Waals surface area contributed by atoms with Gasteiger partial charge in [-0.1, -0.05) is 18.2 Å². The fraction of sp³-hybridized carbons (Fsp3) is 0. The van der Waals surface area contributed by atoms with Crippen molar-refractivity contribution in [3.63, 3.8) is 0 Å². The predicted molar refractivity (Wildman–Crippen MR) is 55.2 cm³/mol. The Morgan fingerprint density at radius 3 is 2.71 bits per heavy atom. The van der Waals surface area contributed by atoms with E-state index in [9.17, 15) is 0 Å². The SMILES string of the molecule is [CH2]c1cccc(Oc2ccccn2)c1. The van der Waals surface area contributed by atoms with Crippen LogP contribution in [-0.4, -0.2) is 4.98 Å². The molecule has 0 saturated carbocycles. The lowest BCUT2D eigenvalue weighted by Gasteiger charge is -2.04. The molecular formula is C12H10NO. The second-order valence-corrected chi connectivity index (χ2v) is 2.92. The van der Waals surface area contributed by atoms with Crippen molar-refractivity contribution in [2.45, 2.75) is 0 Å². The van der Waals surface area contributed by atoms with Gasteiger partial charge in [-0.15, -0.1) is 0 Å². The summed E-state index contributed by atoms with van der Waals surface area (Å²) in [4.78, 5) is 4.06. The molecule has 0 saturated heterocycles. The van der Waals surface area contributed by atoms with Crippen LogP contribution in [0.15, 0.2) is 48.7 Å².